The quantitative estimate of drug-likeness (QED) is 0.679. The zero-order chi connectivity index (χ0) is 14.0. The minimum Gasteiger partial charge on any atom is -0.355 e. The number of aromatic amines is 1. The van der Waals surface area contributed by atoms with Crippen LogP contribution in [0.3, 0.4) is 0 Å². The van der Waals surface area contributed by atoms with Crippen LogP contribution in [-0.2, 0) is 0 Å². The molecule has 0 fully saturated rings. The summed E-state index contributed by atoms with van der Waals surface area (Å²) in [6.07, 6.45) is 1.72. The van der Waals surface area contributed by atoms with Crippen molar-refractivity contribution in [3.8, 4) is 0 Å². The van der Waals surface area contributed by atoms with Crippen LogP contribution in [-0.4, -0.2) is 27.3 Å². The van der Waals surface area contributed by atoms with Crippen LogP contribution in [0.15, 0.2) is 15.9 Å². The highest BCUT2D eigenvalue weighted by Crippen LogP contribution is 2.24. The Balaban J connectivity index is 2.15. The predicted octanol–water partition coefficient (Wildman–Crippen LogP) is 3.27. The Kier molecular flexibility index (Phi) is 4.21. The number of aromatic nitrogens is 2. The Morgan fingerprint density at radius 3 is 2.68 bits per heavy atom. The third kappa shape index (κ3) is 2.96. The molecule has 2 rings (SSSR count). The molecule has 2 heterocycles. The van der Waals surface area contributed by atoms with Crippen molar-refractivity contribution < 1.29 is 9.59 Å². The number of ketones is 2. The first kappa shape index (κ1) is 14.0. The lowest BCUT2D eigenvalue weighted by atomic mass is 10.1. The van der Waals surface area contributed by atoms with Crippen molar-refractivity contribution in [3.63, 3.8) is 0 Å². The Morgan fingerprint density at radius 1 is 1.42 bits per heavy atom. The maximum atomic E-state index is 12.2. The first-order valence-corrected chi connectivity index (χ1v) is 7.62. The number of H-pyrrole nitrogens is 1. The van der Waals surface area contributed by atoms with Gasteiger partial charge in [0.1, 0.15) is 4.34 Å². The van der Waals surface area contributed by atoms with Gasteiger partial charge in [0.2, 0.25) is 0 Å². The van der Waals surface area contributed by atoms with E-state index in [1.54, 1.807) is 6.20 Å². The predicted molar refractivity (Wildman–Crippen MR) is 77.4 cm³/mol. The summed E-state index contributed by atoms with van der Waals surface area (Å²) in [5.74, 6) is 0.303. The van der Waals surface area contributed by atoms with E-state index in [9.17, 15) is 9.59 Å². The maximum Gasteiger partial charge on any atom is 0.189 e. The lowest BCUT2D eigenvalue weighted by Crippen LogP contribution is -2.05. The summed E-state index contributed by atoms with van der Waals surface area (Å²) < 4.78 is 0.876. The number of nitrogens with zero attached hydrogens (tertiary/aromatic N) is 1. The first-order valence-electron chi connectivity index (χ1n) is 5.76. The van der Waals surface area contributed by atoms with Crippen LogP contribution >= 0.6 is 23.1 Å². The summed E-state index contributed by atoms with van der Waals surface area (Å²) in [5.41, 5.74) is 2.66. The molecule has 0 bridgehead atoms. The molecule has 0 aliphatic rings. The van der Waals surface area contributed by atoms with Crippen LogP contribution in [0.2, 0.25) is 0 Å². The van der Waals surface area contributed by atoms with Crippen molar-refractivity contribution >= 4 is 34.7 Å². The Labute approximate surface area is 119 Å². The van der Waals surface area contributed by atoms with E-state index in [2.05, 4.69) is 9.97 Å². The molecule has 0 atom stereocenters. The number of hydrogen-bond donors (Lipinski definition) is 1. The van der Waals surface area contributed by atoms with Crippen molar-refractivity contribution in [1.29, 1.82) is 0 Å². The molecule has 2 aromatic heterocycles. The highest BCUT2D eigenvalue weighted by atomic mass is 32.2. The smallest absolute Gasteiger partial charge is 0.189 e. The second kappa shape index (κ2) is 5.71. The topological polar surface area (TPSA) is 62.8 Å². The van der Waals surface area contributed by atoms with Crippen LogP contribution < -0.4 is 0 Å². The van der Waals surface area contributed by atoms with E-state index in [1.165, 1.54) is 30.0 Å². The fourth-order valence-corrected chi connectivity index (χ4v) is 3.55. The van der Waals surface area contributed by atoms with Gasteiger partial charge >= 0.3 is 0 Å². The number of aryl methyl sites for hydroxylation is 1. The fraction of sp³-hybridized carbons (Fsp3) is 0.308. The SMILES string of the molecule is CC(=O)c1c(C)[nH]c(C(=O)CSc2nccs2)c1C. The number of Topliss-reactive ketones (excluding diaryl/α,β-unsaturated/α-hetero) is 2. The van der Waals surface area contributed by atoms with Gasteiger partial charge in [-0.15, -0.1) is 11.3 Å². The number of rotatable bonds is 5. The van der Waals surface area contributed by atoms with Gasteiger partial charge in [-0.3, -0.25) is 9.59 Å². The van der Waals surface area contributed by atoms with Gasteiger partial charge in [-0.2, -0.15) is 0 Å². The first-order chi connectivity index (χ1) is 9.00. The summed E-state index contributed by atoms with van der Waals surface area (Å²) in [5, 5.41) is 1.88. The van der Waals surface area contributed by atoms with E-state index in [4.69, 9.17) is 0 Å². The number of carbonyl (C=O) groups is 2. The lowest BCUT2D eigenvalue weighted by Gasteiger charge is -1.99. The fourth-order valence-electron chi connectivity index (χ4n) is 2.04. The molecule has 0 aromatic carbocycles. The zero-order valence-electron chi connectivity index (χ0n) is 10.9. The number of thioether (sulfide) groups is 1. The number of thiazole rings is 1. The van der Waals surface area contributed by atoms with Gasteiger partial charge in [0.05, 0.1) is 11.4 Å². The van der Waals surface area contributed by atoms with Crippen molar-refractivity contribution in [3.05, 3.63) is 34.1 Å². The molecular weight excluding hydrogens is 280 g/mol. The van der Waals surface area contributed by atoms with Crippen molar-refractivity contribution in [2.75, 3.05) is 5.75 Å². The molecule has 6 heteroatoms. The molecule has 0 saturated heterocycles. The Bertz CT molecular complexity index is 615. The molecule has 19 heavy (non-hydrogen) atoms. The Hall–Kier alpha value is -1.40. The number of nitrogens with one attached hydrogen (secondary N) is 1. The molecule has 100 valence electrons. The molecule has 0 amide bonds. The zero-order valence-corrected chi connectivity index (χ0v) is 12.6. The molecule has 0 aliphatic carbocycles. The molecule has 0 radical (unpaired) electrons. The lowest BCUT2D eigenvalue weighted by molar-refractivity contribution is 0.101. The molecule has 2 aromatic rings. The van der Waals surface area contributed by atoms with Crippen LogP contribution in [0, 0.1) is 13.8 Å². The largest absolute Gasteiger partial charge is 0.355 e. The summed E-state index contributed by atoms with van der Waals surface area (Å²) in [6, 6.07) is 0. The Morgan fingerprint density at radius 2 is 2.16 bits per heavy atom. The van der Waals surface area contributed by atoms with E-state index < -0.39 is 0 Å². The van der Waals surface area contributed by atoms with E-state index in [1.807, 2.05) is 19.2 Å². The van der Waals surface area contributed by atoms with E-state index in [-0.39, 0.29) is 11.6 Å². The van der Waals surface area contributed by atoms with Crippen molar-refractivity contribution in [2.45, 2.75) is 25.1 Å². The third-order valence-electron chi connectivity index (χ3n) is 2.80. The molecular formula is C13H14N2O2S2. The maximum absolute atomic E-state index is 12.2. The minimum atomic E-state index is -0.0159. The van der Waals surface area contributed by atoms with E-state index >= 15 is 0 Å². The van der Waals surface area contributed by atoms with Gasteiger partial charge in [0.25, 0.3) is 0 Å². The average molecular weight is 294 g/mol. The highest BCUT2D eigenvalue weighted by molar-refractivity contribution is 8.01. The highest BCUT2D eigenvalue weighted by Gasteiger charge is 2.19. The van der Waals surface area contributed by atoms with Gasteiger partial charge in [0, 0.05) is 22.8 Å². The minimum absolute atomic E-state index is 0.00620. The molecule has 0 unspecified atom stereocenters. The van der Waals surface area contributed by atoms with Crippen LogP contribution in [0.1, 0.15) is 39.0 Å². The second-order valence-electron chi connectivity index (χ2n) is 4.19. The summed E-state index contributed by atoms with van der Waals surface area (Å²) in [6.45, 7) is 5.14. The third-order valence-corrected chi connectivity index (χ3v) is 4.77. The van der Waals surface area contributed by atoms with E-state index in [0.717, 1.165) is 15.6 Å². The van der Waals surface area contributed by atoms with Crippen molar-refractivity contribution in [1.82, 2.24) is 9.97 Å². The van der Waals surface area contributed by atoms with Gasteiger partial charge in [0.15, 0.2) is 11.6 Å². The molecule has 1 N–H and O–H groups in total. The normalized spacial score (nSPS) is 10.7. The van der Waals surface area contributed by atoms with Gasteiger partial charge < -0.3 is 4.98 Å². The van der Waals surface area contributed by atoms with E-state index in [0.29, 0.717) is 17.0 Å². The van der Waals surface area contributed by atoms with Crippen molar-refractivity contribution in [2.24, 2.45) is 0 Å². The monoisotopic (exact) mass is 294 g/mol. The van der Waals surface area contributed by atoms with Gasteiger partial charge in [-0.05, 0) is 26.3 Å². The van der Waals surface area contributed by atoms with Crippen LogP contribution in [0.4, 0.5) is 0 Å². The summed E-state index contributed by atoms with van der Waals surface area (Å²) in [7, 11) is 0. The summed E-state index contributed by atoms with van der Waals surface area (Å²) >= 11 is 2.93. The van der Waals surface area contributed by atoms with Crippen LogP contribution in [0.5, 0.6) is 0 Å². The van der Waals surface area contributed by atoms with Gasteiger partial charge in [-0.1, -0.05) is 11.8 Å². The molecule has 0 aliphatic heterocycles. The average Bonchev–Trinajstić information content (AvgIpc) is 2.94. The standard InChI is InChI=1S/C13H14N2O2S2/c1-7-11(9(3)16)8(2)15-12(7)10(17)6-19-13-14-4-5-18-13/h4-5,15H,6H2,1-3H3. The van der Waals surface area contributed by atoms with Gasteiger partial charge in [-0.25, -0.2) is 4.98 Å². The molecule has 0 spiro atoms. The number of hydrogen-bond acceptors (Lipinski definition) is 5. The summed E-state index contributed by atoms with van der Waals surface area (Å²) in [4.78, 5) is 30.8. The van der Waals surface area contributed by atoms with Crippen LogP contribution in [0.25, 0.3) is 0 Å². The number of carbonyl (C=O) groups excluding carboxylic acids is 2. The molecule has 4 nitrogen and oxygen atoms in total. The molecule has 0 saturated carbocycles. The second-order valence-corrected chi connectivity index (χ2v) is 6.31.